The lowest BCUT2D eigenvalue weighted by Crippen LogP contribution is -2.12. The number of nitrogens with two attached hydrogens (primary N) is 1. The summed E-state index contributed by atoms with van der Waals surface area (Å²) in [6.45, 7) is 8.64. The minimum Gasteiger partial charge on any atom is -0.330 e. The van der Waals surface area contributed by atoms with Crippen molar-refractivity contribution in [2.45, 2.75) is 33.1 Å². The van der Waals surface area contributed by atoms with Gasteiger partial charge in [0.15, 0.2) is 0 Å². The van der Waals surface area contributed by atoms with Crippen molar-refractivity contribution in [1.29, 1.82) is 0 Å². The van der Waals surface area contributed by atoms with Gasteiger partial charge in [-0.15, -0.1) is 12.2 Å². The van der Waals surface area contributed by atoms with E-state index >= 15 is 0 Å². The van der Waals surface area contributed by atoms with Crippen LogP contribution in [0.15, 0.2) is 30.0 Å². The van der Waals surface area contributed by atoms with Gasteiger partial charge in [0.25, 0.3) is 0 Å². The number of allylic oxidation sites excluding steroid dienone is 3. The van der Waals surface area contributed by atoms with Gasteiger partial charge in [0.05, 0.1) is 0 Å². The molecule has 2 unspecified atom stereocenters. The quantitative estimate of drug-likeness (QED) is 0.514. The second-order valence-corrected chi connectivity index (χ2v) is 4.47. The molecule has 0 aliphatic rings. The Bertz CT molecular complexity index is 300. The van der Waals surface area contributed by atoms with Crippen LogP contribution >= 0.6 is 0 Å². The lowest BCUT2D eigenvalue weighted by atomic mass is 9.91. The first-order valence-electron chi connectivity index (χ1n) is 5.82. The molecule has 0 radical (unpaired) electrons. The molecule has 2 atom stereocenters. The maximum Gasteiger partial charge on any atom is -0.00484 e. The molecular formula is C15H23N. The van der Waals surface area contributed by atoms with Crippen LogP contribution in [0.5, 0.6) is 0 Å². The third-order valence-electron chi connectivity index (χ3n) is 2.58. The minimum atomic E-state index is 0.502. The zero-order valence-corrected chi connectivity index (χ0v) is 10.5. The molecule has 0 aliphatic carbocycles. The highest BCUT2D eigenvalue weighted by atomic mass is 14.5. The van der Waals surface area contributed by atoms with E-state index in [4.69, 9.17) is 12.2 Å². The topological polar surface area (TPSA) is 26.0 Å². The molecule has 88 valence electrons. The average Bonchev–Trinajstić information content (AvgIpc) is 2.26. The Morgan fingerprint density at radius 3 is 2.50 bits per heavy atom. The van der Waals surface area contributed by atoms with Crippen LogP contribution in [0, 0.1) is 24.2 Å². The molecule has 0 saturated carbocycles. The van der Waals surface area contributed by atoms with Crippen molar-refractivity contribution in [3.05, 3.63) is 30.0 Å². The Hall–Kier alpha value is -1.22. The Balaban J connectivity index is 4.29. The Kier molecular flexibility index (Phi) is 8.35. The number of hydrogen-bond donors (Lipinski definition) is 1. The molecule has 0 aromatic carbocycles. The van der Waals surface area contributed by atoms with E-state index in [1.165, 1.54) is 5.57 Å². The van der Waals surface area contributed by atoms with Gasteiger partial charge < -0.3 is 5.73 Å². The predicted molar refractivity (Wildman–Crippen MR) is 71.9 cm³/mol. The molecule has 0 spiro atoms. The van der Waals surface area contributed by atoms with Crippen molar-refractivity contribution in [1.82, 2.24) is 0 Å². The van der Waals surface area contributed by atoms with Crippen LogP contribution in [0.1, 0.15) is 33.1 Å². The van der Waals surface area contributed by atoms with E-state index in [1.54, 1.807) is 0 Å². The maximum atomic E-state index is 5.62. The van der Waals surface area contributed by atoms with Gasteiger partial charge in [-0.1, -0.05) is 31.9 Å². The summed E-state index contributed by atoms with van der Waals surface area (Å²) in [6, 6.07) is 0. The largest absolute Gasteiger partial charge is 0.330 e. The van der Waals surface area contributed by atoms with Gasteiger partial charge in [-0.2, -0.15) is 0 Å². The standard InChI is InChI=1S/C15H23N/c1-5-7-9-13(3)10-15(8-6-2)11-14(4)12-16/h2,7-8,13-14H,1,9-12,16H2,3-4H3/b15-8+. The van der Waals surface area contributed by atoms with Crippen molar-refractivity contribution < 1.29 is 0 Å². The van der Waals surface area contributed by atoms with Crippen molar-refractivity contribution in [3.8, 4) is 12.3 Å². The van der Waals surface area contributed by atoms with Gasteiger partial charge in [-0.25, -0.2) is 0 Å². The maximum absolute atomic E-state index is 5.62. The van der Waals surface area contributed by atoms with Crippen molar-refractivity contribution in [3.63, 3.8) is 0 Å². The van der Waals surface area contributed by atoms with Crippen LogP contribution in [-0.2, 0) is 0 Å². The van der Waals surface area contributed by atoms with Crippen LogP contribution < -0.4 is 5.73 Å². The highest BCUT2D eigenvalue weighted by molar-refractivity contribution is 5.18. The second-order valence-electron chi connectivity index (χ2n) is 4.47. The molecular weight excluding hydrogens is 194 g/mol. The fourth-order valence-electron chi connectivity index (χ4n) is 1.67. The first kappa shape index (κ1) is 14.8. The molecule has 0 aromatic heterocycles. The zero-order valence-electron chi connectivity index (χ0n) is 10.5. The van der Waals surface area contributed by atoms with E-state index < -0.39 is 0 Å². The van der Waals surface area contributed by atoms with Crippen LogP contribution in [0.3, 0.4) is 0 Å². The highest BCUT2D eigenvalue weighted by Crippen LogP contribution is 2.21. The normalized spacial score (nSPS) is 14.8. The highest BCUT2D eigenvalue weighted by Gasteiger charge is 2.08. The van der Waals surface area contributed by atoms with E-state index in [9.17, 15) is 0 Å². The molecule has 1 heteroatoms. The molecule has 0 aliphatic heterocycles. The van der Waals surface area contributed by atoms with Gasteiger partial charge in [0, 0.05) is 0 Å². The van der Waals surface area contributed by atoms with Crippen molar-refractivity contribution in [2.75, 3.05) is 6.54 Å². The van der Waals surface area contributed by atoms with Crippen LogP contribution in [0.4, 0.5) is 0 Å². The van der Waals surface area contributed by atoms with E-state index in [2.05, 4.69) is 32.1 Å². The zero-order chi connectivity index (χ0) is 12.4. The van der Waals surface area contributed by atoms with Crippen LogP contribution in [0.25, 0.3) is 0 Å². The molecule has 2 N–H and O–H groups in total. The molecule has 16 heavy (non-hydrogen) atoms. The fraction of sp³-hybridized carbons (Fsp3) is 0.533. The lowest BCUT2D eigenvalue weighted by Gasteiger charge is -2.15. The molecule has 0 heterocycles. The number of rotatable bonds is 7. The third kappa shape index (κ3) is 7.12. The van der Waals surface area contributed by atoms with Gasteiger partial charge in [0.2, 0.25) is 0 Å². The number of terminal acetylenes is 1. The summed E-state index contributed by atoms with van der Waals surface area (Å²) < 4.78 is 0. The monoisotopic (exact) mass is 217 g/mol. The Morgan fingerprint density at radius 2 is 2.00 bits per heavy atom. The summed E-state index contributed by atoms with van der Waals surface area (Å²) in [5.41, 5.74) is 9.75. The van der Waals surface area contributed by atoms with Gasteiger partial charge in [0.1, 0.15) is 0 Å². The first-order chi connectivity index (χ1) is 7.63. The van der Waals surface area contributed by atoms with Gasteiger partial charge in [-0.3, -0.25) is 0 Å². The van der Waals surface area contributed by atoms with Crippen LogP contribution in [-0.4, -0.2) is 6.54 Å². The molecule has 0 aromatic rings. The molecule has 0 saturated heterocycles. The first-order valence-corrected chi connectivity index (χ1v) is 5.82. The number of hydrogen-bond acceptors (Lipinski definition) is 1. The summed E-state index contributed by atoms with van der Waals surface area (Å²) in [7, 11) is 0. The second kappa shape index (κ2) is 9.04. The van der Waals surface area contributed by atoms with Crippen molar-refractivity contribution in [2.24, 2.45) is 17.6 Å². The third-order valence-corrected chi connectivity index (χ3v) is 2.58. The molecule has 0 fully saturated rings. The predicted octanol–water partition coefficient (Wildman–Crippen LogP) is 3.29. The lowest BCUT2D eigenvalue weighted by molar-refractivity contribution is 0.526. The minimum absolute atomic E-state index is 0.502. The van der Waals surface area contributed by atoms with E-state index in [1.807, 2.05) is 12.2 Å². The summed E-state index contributed by atoms with van der Waals surface area (Å²) in [5.74, 6) is 3.70. The molecule has 0 amide bonds. The summed E-state index contributed by atoms with van der Waals surface area (Å²) >= 11 is 0. The Labute approximate surface area is 100 Å². The van der Waals surface area contributed by atoms with Gasteiger partial charge in [-0.05, 0) is 49.8 Å². The van der Waals surface area contributed by atoms with E-state index in [0.29, 0.717) is 18.4 Å². The smallest absolute Gasteiger partial charge is 0.00484 e. The Morgan fingerprint density at radius 1 is 1.38 bits per heavy atom. The van der Waals surface area contributed by atoms with E-state index in [0.717, 1.165) is 19.3 Å². The van der Waals surface area contributed by atoms with Crippen molar-refractivity contribution >= 4 is 0 Å². The molecule has 0 rings (SSSR count). The summed E-state index contributed by atoms with van der Waals surface area (Å²) in [4.78, 5) is 0. The van der Waals surface area contributed by atoms with Crippen LogP contribution in [0.2, 0.25) is 0 Å². The summed E-state index contributed by atoms with van der Waals surface area (Å²) in [6.07, 6.45) is 12.2. The van der Waals surface area contributed by atoms with E-state index in [-0.39, 0.29) is 0 Å². The molecule has 0 bridgehead atoms. The molecule has 1 nitrogen and oxygen atoms in total. The van der Waals surface area contributed by atoms with Gasteiger partial charge >= 0.3 is 0 Å². The summed E-state index contributed by atoms with van der Waals surface area (Å²) in [5, 5.41) is 0. The average molecular weight is 217 g/mol. The fourth-order valence-corrected chi connectivity index (χ4v) is 1.67. The SMILES string of the molecule is C#C/C=C(/CC(C)CN)CC(C)CC=C=C.